The predicted molar refractivity (Wildman–Crippen MR) is 82.2 cm³/mol. The minimum absolute atomic E-state index is 0.427. The van der Waals surface area contributed by atoms with Crippen LogP contribution in [-0.2, 0) is 0 Å². The largest absolute Gasteiger partial charge is 0.132 e. The van der Waals surface area contributed by atoms with Gasteiger partial charge in [0.25, 0.3) is 0 Å². The van der Waals surface area contributed by atoms with Gasteiger partial charge in [-0.15, -0.1) is 9.24 Å². The minimum atomic E-state index is 0.427. The predicted octanol–water partition coefficient (Wildman–Crippen LogP) is 5.91. The van der Waals surface area contributed by atoms with Crippen LogP contribution < -0.4 is 0 Å². The summed E-state index contributed by atoms with van der Waals surface area (Å²) in [6.45, 7) is 15.6. The first-order valence-electron chi connectivity index (χ1n) is 7.18. The van der Waals surface area contributed by atoms with Gasteiger partial charge in [0, 0.05) is 0 Å². The van der Waals surface area contributed by atoms with Crippen LogP contribution in [0.2, 0.25) is 0 Å². The summed E-state index contributed by atoms with van der Waals surface area (Å²) in [7, 11) is 2.98. The Bertz CT molecular complexity index is 135. The summed E-state index contributed by atoms with van der Waals surface area (Å²) < 4.78 is 0. The van der Waals surface area contributed by atoms with Gasteiger partial charge in [0.05, 0.1) is 0 Å². The van der Waals surface area contributed by atoms with Crippen LogP contribution in [0.15, 0.2) is 0 Å². The highest BCUT2D eigenvalue weighted by atomic mass is 31.0. The van der Waals surface area contributed by atoms with E-state index in [2.05, 4.69) is 43.9 Å². The molecule has 0 radical (unpaired) electrons. The zero-order chi connectivity index (χ0) is 13.2. The number of hydrogen-bond donors (Lipinski definition) is 0. The molecule has 0 aromatic rings. The molecule has 0 aliphatic heterocycles. The third-order valence-electron chi connectivity index (χ3n) is 3.16. The molecule has 0 heterocycles. The molecule has 16 heavy (non-hydrogen) atoms. The van der Waals surface area contributed by atoms with Gasteiger partial charge >= 0.3 is 0 Å². The van der Waals surface area contributed by atoms with E-state index in [9.17, 15) is 0 Å². The van der Waals surface area contributed by atoms with Crippen molar-refractivity contribution in [1.82, 2.24) is 0 Å². The zero-order valence-corrected chi connectivity index (χ0v) is 13.9. The smallest absolute Gasteiger partial charge is 0.0204 e. The van der Waals surface area contributed by atoms with Gasteiger partial charge in [-0.1, -0.05) is 74.1 Å². The molecule has 0 nitrogen and oxygen atoms in total. The van der Waals surface area contributed by atoms with E-state index in [1.54, 1.807) is 0 Å². The highest BCUT2D eigenvalue weighted by Gasteiger charge is 2.17. The fourth-order valence-corrected chi connectivity index (χ4v) is 2.25. The van der Waals surface area contributed by atoms with E-state index < -0.39 is 0 Å². The van der Waals surface area contributed by atoms with E-state index in [1.165, 1.54) is 32.1 Å². The quantitative estimate of drug-likeness (QED) is 0.490. The molecule has 0 spiro atoms. The molecule has 0 aromatic heterocycles. The second-order valence-electron chi connectivity index (χ2n) is 5.56. The van der Waals surface area contributed by atoms with Crippen molar-refractivity contribution >= 4 is 9.24 Å². The molecule has 1 heteroatoms. The third kappa shape index (κ3) is 12.5. The van der Waals surface area contributed by atoms with Crippen LogP contribution in [0.3, 0.4) is 0 Å². The molecule has 100 valence electrons. The van der Waals surface area contributed by atoms with Crippen molar-refractivity contribution in [3.05, 3.63) is 0 Å². The van der Waals surface area contributed by atoms with Crippen molar-refractivity contribution < 1.29 is 0 Å². The summed E-state index contributed by atoms with van der Waals surface area (Å²) in [5.41, 5.74) is 0. The summed E-state index contributed by atoms with van der Waals surface area (Å²) >= 11 is 0. The van der Waals surface area contributed by atoms with Gasteiger partial charge < -0.3 is 0 Å². The van der Waals surface area contributed by atoms with Crippen LogP contribution in [0.25, 0.3) is 0 Å². The summed E-state index contributed by atoms with van der Waals surface area (Å²) in [5, 5.41) is 0.427. The van der Waals surface area contributed by atoms with Gasteiger partial charge in [0.2, 0.25) is 0 Å². The van der Waals surface area contributed by atoms with Gasteiger partial charge in [-0.05, 0) is 23.4 Å². The molecular formula is C15H35P. The molecule has 0 saturated heterocycles. The second kappa shape index (κ2) is 10.6. The molecule has 0 aromatic carbocycles. The van der Waals surface area contributed by atoms with Crippen LogP contribution in [-0.4, -0.2) is 5.16 Å². The number of hydrogen-bond acceptors (Lipinski definition) is 0. The lowest BCUT2D eigenvalue weighted by Crippen LogP contribution is -2.16. The average Bonchev–Trinajstić information content (AvgIpc) is 2.24. The average molecular weight is 246 g/mol. The van der Waals surface area contributed by atoms with Gasteiger partial charge in [-0.25, -0.2) is 0 Å². The molecule has 0 amide bonds. The highest BCUT2D eigenvalue weighted by Crippen LogP contribution is 2.30. The van der Waals surface area contributed by atoms with E-state index in [0.29, 0.717) is 5.16 Å². The molecule has 0 aliphatic rings. The Morgan fingerprint density at radius 1 is 1.00 bits per heavy atom. The van der Waals surface area contributed by atoms with Crippen molar-refractivity contribution in [2.24, 2.45) is 11.8 Å². The van der Waals surface area contributed by atoms with Crippen LogP contribution in [0.5, 0.6) is 0 Å². The van der Waals surface area contributed by atoms with Crippen LogP contribution in [0, 0.1) is 11.8 Å². The molecule has 0 saturated carbocycles. The monoisotopic (exact) mass is 246 g/mol. The molecule has 0 rings (SSSR count). The fourth-order valence-electron chi connectivity index (χ4n) is 1.92. The lowest BCUT2D eigenvalue weighted by Gasteiger charge is -2.25. The van der Waals surface area contributed by atoms with Crippen LogP contribution in [0.1, 0.15) is 80.6 Å². The third-order valence-corrected chi connectivity index (χ3v) is 3.39. The Hall–Kier alpha value is 0.430. The molecular weight excluding hydrogens is 211 g/mol. The van der Waals surface area contributed by atoms with Crippen molar-refractivity contribution in [1.29, 1.82) is 0 Å². The van der Waals surface area contributed by atoms with Gasteiger partial charge in [0.1, 0.15) is 0 Å². The maximum absolute atomic E-state index is 2.98. The highest BCUT2D eigenvalue weighted by molar-refractivity contribution is 7.18. The van der Waals surface area contributed by atoms with E-state index >= 15 is 0 Å². The topological polar surface area (TPSA) is 0 Å². The first-order chi connectivity index (χ1) is 7.39. The van der Waals surface area contributed by atoms with Gasteiger partial charge in [-0.2, -0.15) is 0 Å². The van der Waals surface area contributed by atoms with E-state index in [-0.39, 0.29) is 0 Å². The number of rotatable bonds is 7. The van der Waals surface area contributed by atoms with Crippen LogP contribution in [0.4, 0.5) is 0 Å². The molecule has 3 unspecified atom stereocenters. The maximum Gasteiger partial charge on any atom is -0.0204 e. The Kier molecular flexibility index (Phi) is 12.4. The van der Waals surface area contributed by atoms with E-state index in [0.717, 1.165) is 11.8 Å². The molecule has 0 aliphatic carbocycles. The van der Waals surface area contributed by atoms with Gasteiger partial charge in [0.15, 0.2) is 0 Å². The van der Waals surface area contributed by atoms with E-state index in [1.807, 2.05) is 13.8 Å². The van der Waals surface area contributed by atoms with Crippen LogP contribution >= 0.6 is 9.24 Å². The summed E-state index contributed by atoms with van der Waals surface area (Å²) in [6, 6.07) is 0. The summed E-state index contributed by atoms with van der Waals surface area (Å²) in [6.07, 6.45) is 6.86. The molecule has 3 atom stereocenters. The van der Waals surface area contributed by atoms with Crippen molar-refractivity contribution in [2.75, 3.05) is 0 Å². The fraction of sp³-hybridized carbons (Fsp3) is 1.00. The summed E-state index contributed by atoms with van der Waals surface area (Å²) in [5.74, 6) is 1.84. The Balaban J connectivity index is 0. The second-order valence-corrected chi connectivity index (χ2v) is 7.12. The Morgan fingerprint density at radius 2 is 1.50 bits per heavy atom. The zero-order valence-electron chi connectivity index (χ0n) is 12.8. The SMILES string of the molecule is CC.CCC(C)CCC(CC)CC(C)(C)P. The minimum Gasteiger partial charge on any atom is -0.132 e. The first-order valence-corrected chi connectivity index (χ1v) is 7.75. The van der Waals surface area contributed by atoms with Crippen molar-refractivity contribution in [3.63, 3.8) is 0 Å². The molecule has 0 fully saturated rings. The maximum atomic E-state index is 2.98. The van der Waals surface area contributed by atoms with Crippen molar-refractivity contribution in [2.45, 2.75) is 85.7 Å². The lowest BCUT2D eigenvalue weighted by atomic mass is 9.87. The summed E-state index contributed by atoms with van der Waals surface area (Å²) in [4.78, 5) is 0. The van der Waals surface area contributed by atoms with Crippen molar-refractivity contribution in [3.8, 4) is 0 Å². The molecule has 0 N–H and O–H groups in total. The molecule has 0 bridgehead atoms. The normalized spacial score (nSPS) is 15.0. The Morgan fingerprint density at radius 3 is 1.81 bits per heavy atom. The lowest BCUT2D eigenvalue weighted by molar-refractivity contribution is 0.352. The standard InChI is InChI=1S/C13H29P.C2H6/c1-6-11(3)8-9-12(7-2)10-13(4,5)14;1-2/h11-12H,6-10,14H2,1-5H3;1-2H3. The van der Waals surface area contributed by atoms with Gasteiger partial charge in [-0.3, -0.25) is 0 Å². The Labute approximate surface area is 107 Å². The van der Waals surface area contributed by atoms with E-state index in [4.69, 9.17) is 0 Å². The first kappa shape index (κ1) is 18.8.